The molecule has 0 rings (SSSR count). The van der Waals surface area contributed by atoms with E-state index in [0.717, 1.165) is 51.4 Å². The maximum atomic E-state index is 12.4. The Kier molecular flexibility index (Phi) is 61.5. The number of allylic oxidation sites excluding steroid dienone is 7. The van der Waals surface area contributed by atoms with Crippen LogP contribution < -0.4 is 5.32 Å². The second-order valence-corrected chi connectivity index (χ2v) is 22.4. The van der Waals surface area contributed by atoms with Crippen molar-refractivity contribution in [1.29, 1.82) is 0 Å². The minimum Gasteiger partial charge on any atom is -0.466 e. The molecule has 0 aromatic rings. The van der Waals surface area contributed by atoms with Crippen LogP contribution in [-0.2, 0) is 14.3 Å². The van der Waals surface area contributed by atoms with Crippen molar-refractivity contribution in [2.45, 2.75) is 360 Å². The first kappa shape index (κ1) is 71.8. The van der Waals surface area contributed by atoms with Gasteiger partial charge in [0.1, 0.15) is 0 Å². The molecule has 0 aliphatic rings. The Morgan fingerprint density at radius 3 is 1.07 bits per heavy atom. The summed E-state index contributed by atoms with van der Waals surface area (Å²) in [7, 11) is 0. The maximum absolute atomic E-state index is 12.4. The third kappa shape index (κ3) is 59.1. The van der Waals surface area contributed by atoms with E-state index in [9.17, 15) is 19.8 Å². The van der Waals surface area contributed by atoms with E-state index in [1.165, 1.54) is 270 Å². The van der Waals surface area contributed by atoms with E-state index in [2.05, 4.69) is 55.6 Å². The van der Waals surface area contributed by atoms with E-state index in [0.29, 0.717) is 19.4 Å². The molecule has 0 aliphatic carbocycles. The number of rotatable bonds is 61. The van der Waals surface area contributed by atoms with E-state index in [4.69, 9.17) is 4.74 Å². The third-order valence-corrected chi connectivity index (χ3v) is 15.1. The van der Waals surface area contributed by atoms with Crippen LogP contribution in [0.3, 0.4) is 0 Å². The zero-order chi connectivity index (χ0) is 53.6. The Morgan fingerprint density at radius 2 is 0.676 bits per heavy atom. The first-order valence-corrected chi connectivity index (χ1v) is 32.9. The van der Waals surface area contributed by atoms with Crippen molar-refractivity contribution in [3.05, 3.63) is 48.6 Å². The van der Waals surface area contributed by atoms with E-state index < -0.39 is 12.1 Å². The first-order chi connectivity index (χ1) is 36.5. The topological polar surface area (TPSA) is 95.9 Å². The molecular weight excluding hydrogens is 911 g/mol. The van der Waals surface area contributed by atoms with Gasteiger partial charge in [0.2, 0.25) is 5.91 Å². The van der Waals surface area contributed by atoms with Gasteiger partial charge in [0, 0.05) is 12.8 Å². The molecule has 2 atom stereocenters. The SMILES string of the molecule is CCCCC/C=C\C/C=C\CCCCCCCC(=O)OCCCCCCCCCCCCCC/C=C\CCCCCCCCCCCCCCCCCCC(=O)NC(CO)C(O)/C=C/CCCCCCCCCC. The van der Waals surface area contributed by atoms with Gasteiger partial charge >= 0.3 is 5.97 Å². The summed E-state index contributed by atoms with van der Waals surface area (Å²) in [6.45, 7) is 4.86. The predicted molar refractivity (Wildman–Crippen MR) is 324 cm³/mol. The van der Waals surface area contributed by atoms with E-state index in [1.54, 1.807) is 6.08 Å². The van der Waals surface area contributed by atoms with Gasteiger partial charge in [-0.3, -0.25) is 9.59 Å². The van der Waals surface area contributed by atoms with Gasteiger partial charge in [0.05, 0.1) is 25.4 Å². The number of carbonyl (C=O) groups is 2. The molecule has 0 spiro atoms. The van der Waals surface area contributed by atoms with E-state index in [1.807, 2.05) is 6.08 Å². The molecular formula is C68H127NO5. The van der Waals surface area contributed by atoms with Gasteiger partial charge in [-0.2, -0.15) is 0 Å². The van der Waals surface area contributed by atoms with Gasteiger partial charge in [-0.25, -0.2) is 0 Å². The van der Waals surface area contributed by atoms with Crippen LogP contribution >= 0.6 is 0 Å². The lowest BCUT2D eigenvalue weighted by Crippen LogP contribution is -2.45. The Labute approximate surface area is 461 Å². The standard InChI is InChI=1S/C68H127NO5/c1-3-5-7-9-11-13-15-16-35-39-42-46-50-54-58-62-68(73)74-63-59-55-51-47-43-40-37-34-32-30-28-26-24-22-20-18-17-19-21-23-25-27-29-31-33-36-38-41-45-49-53-57-61-67(72)69-65(64-70)66(71)60-56-52-48-44-14-12-10-8-6-4-2/h11,13,16,20,22,35,56,60,65-66,70-71H,3-10,12,14-15,17-19,21,23-34,36-55,57-59,61-64H2,1-2H3,(H,69,72)/b13-11-,22-20-,35-16-,60-56+. The van der Waals surface area contributed by atoms with Crippen LogP contribution in [0.1, 0.15) is 348 Å². The Hall–Kier alpha value is -2.18. The molecule has 0 aromatic heterocycles. The molecule has 1 amide bonds. The summed E-state index contributed by atoms with van der Waals surface area (Å²) in [5.41, 5.74) is 0. The van der Waals surface area contributed by atoms with Crippen LogP contribution in [-0.4, -0.2) is 47.4 Å². The number of amides is 1. The molecule has 0 fully saturated rings. The highest BCUT2D eigenvalue weighted by atomic mass is 16.5. The van der Waals surface area contributed by atoms with Gasteiger partial charge < -0.3 is 20.3 Å². The van der Waals surface area contributed by atoms with Gasteiger partial charge in [-0.1, -0.05) is 294 Å². The molecule has 0 saturated carbocycles. The molecule has 0 saturated heterocycles. The number of ether oxygens (including phenoxy) is 1. The van der Waals surface area contributed by atoms with Crippen LogP contribution in [0.15, 0.2) is 48.6 Å². The monoisotopic (exact) mass is 1040 g/mol. The summed E-state index contributed by atoms with van der Waals surface area (Å²) in [6, 6.07) is -0.624. The summed E-state index contributed by atoms with van der Waals surface area (Å²) in [5.74, 6) is -0.0632. The molecule has 2 unspecified atom stereocenters. The highest BCUT2D eigenvalue weighted by Gasteiger charge is 2.18. The summed E-state index contributed by atoms with van der Waals surface area (Å²) in [4.78, 5) is 24.5. The van der Waals surface area contributed by atoms with Crippen molar-refractivity contribution in [1.82, 2.24) is 5.32 Å². The lowest BCUT2D eigenvalue weighted by molar-refractivity contribution is -0.143. The molecule has 3 N–H and O–H groups in total. The van der Waals surface area contributed by atoms with Crippen LogP contribution in [0, 0.1) is 0 Å². The number of hydrogen-bond acceptors (Lipinski definition) is 5. The zero-order valence-electron chi connectivity index (χ0n) is 49.6. The summed E-state index contributed by atoms with van der Waals surface area (Å²) < 4.78 is 5.48. The Morgan fingerprint density at radius 1 is 0.378 bits per heavy atom. The van der Waals surface area contributed by atoms with Gasteiger partial charge in [-0.05, 0) is 89.9 Å². The van der Waals surface area contributed by atoms with Crippen LogP contribution in [0.25, 0.3) is 0 Å². The molecule has 434 valence electrons. The van der Waals surface area contributed by atoms with Gasteiger partial charge in [-0.15, -0.1) is 0 Å². The molecule has 0 radical (unpaired) electrons. The molecule has 0 aromatic carbocycles. The molecule has 6 nitrogen and oxygen atoms in total. The van der Waals surface area contributed by atoms with E-state index in [-0.39, 0.29) is 18.5 Å². The highest BCUT2D eigenvalue weighted by molar-refractivity contribution is 5.76. The maximum Gasteiger partial charge on any atom is 0.305 e. The quantitative estimate of drug-likeness (QED) is 0.0320. The number of carbonyl (C=O) groups excluding carboxylic acids is 2. The second-order valence-electron chi connectivity index (χ2n) is 22.4. The average molecular weight is 1040 g/mol. The highest BCUT2D eigenvalue weighted by Crippen LogP contribution is 2.17. The van der Waals surface area contributed by atoms with Crippen LogP contribution in [0.4, 0.5) is 0 Å². The number of aliphatic hydroxyl groups is 2. The van der Waals surface area contributed by atoms with Gasteiger partial charge in [0.25, 0.3) is 0 Å². The smallest absolute Gasteiger partial charge is 0.305 e. The summed E-state index contributed by atoms with van der Waals surface area (Å²) in [5, 5.41) is 23.0. The number of esters is 1. The van der Waals surface area contributed by atoms with Crippen LogP contribution in [0.5, 0.6) is 0 Å². The van der Waals surface area contributed by atoms with Crippen molar-refractivity contribution < 1.29 is 24.5 Å². The number of unbranched alkanes of at least 4 members (excludes halogenated alkanes) is 44. The second kappa shape index (κ2) is 63.4. The van der Waals surface area contributed by atoms with Crippen molar-refractivity contribution in [2.24, 2.45) is 0 Å². The largest absolute Gasteiger partial charge is 0.466 e. The fourth-order valence-electron chi connectivity index (χ4n) is 10.0. The van der Waals surface area contributed by atoms with Gasteiger partial charge in [0.15, 0.2) is 0 Å². The molecule has 0 heterocycles. The van der Waals surface area contributed by atoms with Crippen molar-refractivity contribution in [2.75, 3.05) is 13.2 Å². The molecule has 74 heavy (non-hydrogen) atoms. The number of hydrogen-bond donors (Lipinski definition) is 3. The van der Waals surface area contributed by atoms with Crippen molar-refractivity contribution >= 4 is 11.9 Å². The average Bonchev–Trinajstić information content (AvgIpc) is 3.40. The van der Waals surface area contributed by atoms with Crippen molar-refractivity contribution in [3.63, 3.8) is 0 Å². The Bertz CT molecular complexity index is 1240. The minimum absolute atomic E-state index is 0.00360. The summed E-state index contributed by atoms with van der Waals surface area (Å²) >= 11 is 0. The fraction of sp³-hybridized carbons (Fsp3) is 0.853. The Balaban J connectivity index is 3.35. The lowest BCUT2D eigenvalue weighted by atomic mass is 10.0. The predicted octanol–water partition coefficient (Wildman–Crippen LogP) is 20.9. The zero-order valence-corrected chi connectivity index (χ0v) is 49.6. The van der Waals surface area contributed by atoms with E-state index >= 15 is 0 Å². The fourth-order valence-corrected chi connectivity index (χ4v) is 10.0. The van der Waals surface area contributed by atoms with Crippen molar-refractivity contribution in [3.8, 4) is 0 Å². The van der Waals surface area contributed by atoms with Crippen LogP contribution in [0.2, 0.25) is 0 Å². The normalized spacial score (nSPS) is 12.9. The molecule has 6 heteroatoms. The lowest BCUT2D eigenvalue weighted by Gasteiger charge is -2.20. The number of aliphatic hydroxyl groups excluding tert-OH is 2. The molecule has 0 aliphatic heterocycles. The first-order valence-electron chi connectivity index (χ1n) is 32.9. The summed E-state index contributed by atoms with van der Waals surface area (Å²) in [6.07, 6.45) is 81.9. The molecule has 0 bridgehead atoms. The third-order valence-electron chi connectivity index (χ3n) is 15.1. The number of nitrogens with one attached hydrogen (secondary N) is 1. The minimum atomic E-state index is -0.841.